The van der Waals surface area contributed by atoms with Crippen molar-refractivity contribution >= 4 is 17.9 Å². The zero-order valence-electron chi connectivity index (χ0n) is 48.4. The first-order valence-corrected chi connectivity index (χ1v) is 31.4. The number of rotatable bonds is 57. The van der Waals surface area contributed by atoms with Crippen LogP contribution in [0.25, 0.3) is 0 Å². The molecule has 0 fully saturated rings. The molecule has 0 heterocycles. The Balaban J connectivity index is 4.00. The Morgan fingerprint density at radius 1 is 0.288 bits per heavy atom. The molecule has 0 radical (unpaired) electrons. The molecule has 422 valence electrons. The van der Waals surface area contributed by atoms with Gasteiger partial charge in [-0.25, -0.2) is 0 Å². The molecule has 0 aromatic rings. The van der Waals surface area contributed by atoms with Gasteiger partial charge in [-0.1, -0.05) is 299 Å². The van der Waals surface area contributed by atoms with E-state index in [1.807, 2.05) is 0 Å². The molecule has 0 bridgehead atoms. The largest absolute Gasteiger partial charge is 0.462 e. The quantitative estimate of drug-likeness (QED) is 0.0261. The predicted octanol–water partition coefficient (Wildman–Crippen LogP) is 21.3. The number of esters is 3. The highest BCUT2D eigenvalue weighted by molar-refractivity contribution is 5.71. The van der Waals surface area contributed by atoms with Crippen molar-refractivity contribution in [1.29, 1.82) is 0 Å². The van der Waals surface area contributed by atoms with Crippen LogP contribution in [-0.2, 0) is 28.6 Å². The summed E-state index contributed by atoms with van der Waals surface area (Å²) in [7, 11) is 0. The topological polar surface area (TPSA) is 78.9 Å². The fraction of sp³-hybridized carbons (Fsp3) is 0.776. The average Bonchev–Trinajstić information content (AvgIpc) is 3.39. The van der Waals surface area contributed by atoms with Crippen LogP contribution in [0.2, 0.25) is 0 Å². The summed E-state index contributed by atoms with van der Waals surface area (Å²) in [6, 6.07) is 0. The van der Waals surface area contributed by atoms with Crippen LogP contribution in [0.15, 0.2) is 72.9 Å². The first kappa shape index (κ1) is 69.8. The van der Waals surface area contributed by atoms with Crippen molar-refractivity contribution < 1.29 is 28.6 Å². The van der Waals surface area contributed by atoms with Crippen molar-refractivity contribution in [3.05, 3.63) is 72.9 Å². The molecular weight excluding hydrogens is 901 g/mol. The minimum atomic E-state index is -0.769. The van der Waals surface area contributed by atoms with Gasteiger partial charge in [-0.15, -0.1) is 0 Å². The molecule has 0 amide bonds. The van der Waals surface area contributed by atoms with Crippen LogP contribution in [0.4, 0.5) is 0 Å². The maximum atomic E-state index is 12.8. The first-order valence-electron chi connectivity index (χ1n) is 31.4. The molecule has 73 heavy (non-hydrogen) atoms. The molecule has 0 saturated carbocycles. The third-order valence-corrected chi connectivity index (χ3v) is 13.7. The average molecular weight is 1020 g/mol. The van der Waals surface area contributed by atoms with Crippen LogP contribution in [-0.4, -0.2) is 37.2 Å². The lowest BCUT2D eigenvalue weighted by atomic mass is 10.0. The van der Waals surface area contributed by atoms with Gasteiger partial charge in [0.25, 0.3) is 0 Å². The summed E-state index contributed by atoms with van der Waals surface area (Å²) in [6.07, 6.45) is 79.6. The monoisotopic (exact) mass is 1020 g/mol. The fourth-order valence-corrected chi connectivity index (χ4v) is 9.04. The van der Waals surface area contributed by atoms with Crippen molar-refractivity contribution in [3.8, 4) is 0 Å². The lowest BCUT2D eigenvalue weighted by molar-refractivity contribution is -0.167. The van der Waals surface area contributed by atoms with E-state index in [9.17, 15) is 14.4 Å². The summed E-state index contributed by atoms with van der Waals surface area (Å²) in [5.41, 5.74) is 0. The molecule has 1 unspecified atom stereocenters. The van der Waals surface area contributed by atoms with Crippen molar-refractivity contribution in [3.63, 3.8) is 0 Å². The molecule has 0 rings (SSSR count). The lowest BCUT2D eigenvalue weighted by Crippen LogP contribution is -2.30. The van der Waals surface area contributed by atoms with Crippen LogP contribution < -0.4 is 0 Å². The Morgan fingerprint density at radius 3 is 0.836 bits per heavy atom. The summed E-state index contributed by atoms with van der Waals surface area (Å²) in [5.74, 6) is -0.873. The van der Waals surface area contributed by atoms with E-state index in [1.165, 1.54) is 173 Å². The predicted molar refractivity (Wildman–Crippen MR) is 316 cm³/mol. The number of carbonyl (C=O) groups excluding carboxylic acids is 3. The van der Waals surface area contributed by atoms with Crippen LogP contribution in [0.3, 0.4) is 0 Å². The SMILES string of the molecule is CC/C=C\C/C=C\C/C=C\C/C=C\C/C=C\C/C=C\CCCCCCCCCCCCCCC(=O)OCC(COC(=O)CCCCCCC)OC(=O)CCCCCCCCCCCCCCCCCCCCC. The number of carbonyl (C=O) groups is 3. The Bertz CT molecular complexity index is 1360. The molecular formula is C67H118O6. The zero-order valence-corrected chi connectivity index (χ0v) is 48.4. The van der Waals surface area contributed by atoms with Crippen LogP contribution >= 0.6 is 0 Å². The van der Waals surface area contributed by atoms with Gasteiger partial charge in [-0.3, -0.25) is 14.4 Å². The third kappa shape index (κ3) is 59.6. The van der Waals surface area contributed by atoms with E-state index in [4.69, 9.17) is 14.2 Å². The fourth-order valence-electron chi connectivity index (χ4n) is 9.04. The van der Waals surface area contributed by atoms with E-state index in [1.54, 1.807) is 0 Å². The van der Waals surface area contributed by atoms with Crippen LogP contribution in [0, 0.1) is 0 Å². The molecule has 0 N–H and O–H groups in total. The van der Waals surface area contributed by atoms with Crippen molar-refractivity contribution in [2.24, 2.45) is 0 Å². The molecule has 1 atom stereocenters. The molecule has 0 aliphatic rings. The molecule has 6 nitrogen and oxygen atoms in total. The van der Waals surface area contributed by atoms with Gasteiger partial charge in [0.1, 0.15) is 13.2 Å². The molecule has 0 spiro atoms. The summed E-state index contributed by atoms with van der Waals surface area (Å²) < 4.78 is 16.8. The number of unbranched alkanes of at least 4 members (excludes halogenated alkanes) is 34. The third-order valence-electron chi connectivity index (χ3n) is 13.7. The van der Waals surface area contributed by atoms with Crippen molar-refractivity contribution in [2.75, 3.05) is 13.2 Å². The van der Waals surface area contributed by atoms with Gasteiger partial charge in [-0.2, -0.15) is 0 Å². The number of hydrogen-bond acceptors (Lipinski definition) is 6. The Labute approximate surface area is 453 Å². The minimum absolute atomic E-state index is 0.0723. The standard InChI is InChI=1S/C67H118O6/c1-4-7-10-13-15-17-19-21-23-25-27-28-29-30-31-32-33-34-35-36-37-38-40-41-43-45-47-49-51-54-57-60-66(69)72-63-64(62-71-65(68)59-56-53-12-9-6-3)73-67(70)61-58-55-52-50-48-46-44-42-39-26-24-22-20-18-16-14-11-8-5-2/h7,10,15,17,21,23,27-28,30-31,33-34,64H,4-6,8-9,11-14,16,18-20,22,24-26,29,32,35-63H2,1-3H3/b10-7-,17-15-,23-21-,28-27-,31-30-,34-33-. The molecule has 0 aromatic carbocycles. The van der Waals surface area contributed by atoms with Gasteiger partial charge >= 0.3 is 17.9 Å². The number of allylic oxidation sites excluding steroid dienone is 12. The Morgan fingerprint density at radius 2 is 0.534 bits per heavy atom. The number of ether oxygens (including phenoxy) is 3. The van der Waals surface area contributed by atoms with Gasteiger partial charge in [0, 0.05) is 19.3 Å². The normalized spacial score (nSPS) is 12.5. The van der Waals surface area contributed by atoms with E-state index >= 15 is 0 Å². The maximum Gasteiger partial charge on any atom is 0.306 e. The van der Waals surface area contributed by atoms with Gasteiger partial charge < -0.3 is 14.2 Å². The second kappa shape index (κ2) is 61.4. The van der Waals surface area contributed by atoms with E-state index in [-0.39, 0.29) is 31.1 Å². The van der Waals surface area contributed by atoms with Crippen molar-refractivity contribution in [1.82, 2.24) is 0 Å². The van der Waals surface area contributed by atoms with E-state index in [2.05, 4.69) is 93.7 Å². The maximum absolute atomic E-state index is 12.8. The molecule has 0 aliphatic heterocycles. The highest BCUT2D eigenvalue weighted by atomic mass is 16.6. The van der Waals surface area contributed by atoms with Gasteiger partial charge in [0.15, 0.2) is 6.10 Å². The summed E-state index contributed by atoms with van der Waals surface area (Å²) in [5, 5.41) is 0. The summed E-state index contributed by atoms with van der Waals surface area (Å²) in [6.45, 7) is 6.48. The molecule has 0 aliphatic carbocycles. The number of hydrogen-bond donors (Lipinski definition) is 0. The Hall–Kier alpha value is -3.15. The molecule has 0 aromatic heterocycles. The second-order valence-corrected chi connectivity index (χ2v) is 21.0. The lowest BCUT2D eigenvalue weighted by Gasteiger charge is -2.18. The summed E-state index contributed by atoms with van der Waals surface area (Å²) >= 11 is 0. The van der Waals surface area contributed by atoms with Gasteiger partial charge in [-0.05, 0) is 70.6 Å². The molecule has 6 heteroatoms. The Kier molecular flexibility index (Phi) is 58.7. The smallest absolute Gasteiger partial charge is 0.306 e. The second-order valence-electron chi connectivity index (χ2n) is 21.0. The van der Waals surface area contributed by atoms with E-state index in [0.717, 1.165) is 103 Å². The van der Waals surface area contributed by atoms with Crippen molar-refractivity contribution in [2.45, 2.75) is 322 Å². The van der Waals surface area contributed by atoms with Gasteiger partial charge in [0.2, 0.25) is 0 Å². The highest BCUT2D eigenvalue weighted by Crippen LogP contribution is 2.17. The van der Waals surface area contributed by atoms with Crippen LogP contribution in [0.5, 0.6) is 0 Å². The molecule has 0 saturated heterocycles. The highest BCUT2D eigenvalue weighted by Gasteiger charge is 2.19. The summed E-state index contributed by atoms with van der Waals surface area (Å²) in [4.78, 5) is 37.9. The first-order chi connectivity index (χ1) is 36.0. The van der Waals surface area contributed by atoms with Crippen LogP contribution in [0.1, 0.15) is 316 Å². The minimum Gasteiger partial charge on any atom is -0.462 e. The van der Waals surface area contributed by atoms with Gasteiger partial charge in [0.05, 0.1) is 0 Å². The van der Waals surface area contributed by atoms with E-state index in [0.29, 0.717) is 19.3 Å². The zero-order chi connectivity index (χ0) is 52.9. The van der Waals surface area contributed by atoms with E-state index < -0.39 is 6.10 Å².